The van der Waals surface area contributed by atoms with Crippen LogP contribution in [0.5, 0.6) is 0 Å². The predicted octanol–water partition coefficient (Wildman–Crippen LogP) is 2.34. The summed E-state index contributed by atoms with van der Waals surface area (Å²) in [5, 5.41) is 12.7. The summed E-state index contributed by atoms with van der Waals surface area (Å²) in [5.74, 6) is -0.627. The molecule has 78 valence electrons. The molecule has 3 nitrogen and oxygen atoms in total. The summed E-state index contributed by atoms with van der Waals surface area (Å²) in [6.07, 6.45) is 0. The van der Waals surface area contributed by atoms with E-state index in [1.807, 2.05) is 12.1 Å². The number of nitrogens with one attached hydrogen (secondary N) is 1. The van der Waals surface area contributed by atoms with Gasteiger partial charge in [-0.25, -0.2) is 0 Å². The van der Waals surface area contributed by atoms with Crippen molar-refractivity contribution in [1.29, 1.82) is 0 Å². The van der Waals surface area contributed by atoms with Crippen LogP contribution in [0.25, 0.3) is 0 Å². The fourth-order valence-corrected chi connectivity index (χ4v) is 1.84. The van der Waals surface area contributed by atoms with Gasteiger partial charge in [0.1, 0.15) is 0 Å². The third-order valence-corrected chi connectivity index (χ3v) is 2.71. The Balaban J connectivity index is 2.39. The molecular formula is C11H10ClNO2. The van der Waals surface area contributed by atoms with E-state index in [2.05, 4.69) is 5.32 Å². The molecule has 0 saturated heterocycles. The summed E-state index contributed by atoms with van der Waals surface area (Å²) in [6, 6.07) is 6.94. The molecule has 1 aromatic carbocycles. The Bertz CT molecular complexity index is 454. The fourth-order valence-electron chi connectivity index (χ4n) is 1.64. The number of hydrogen-bond donors (Lipinski definition) is 2. The minimum Gasteiger partial charge on any atom is -0.503 e. The lowest BCUT2D eigenvalue weighted by Gasteiger charge is -2.12. The molecule has 0 saturated carbocycles. The summed E-state index contributed by atoms with van der Waals surface area (Å²) in [5.41, 5.74) is 1.50. The van der Waals surface area contributed by atoms with Crippen LogP contribution in [0.1, 0.15) is 18.5 Å². The monoisotopic (exact) mass is 223 g/mol. The number of rotatable bonds is 1. The number of hydrogen-bond acceptors (Lipinski definition) is 2. The predicted molar refractivity (Wildman–Crippen MR) is 57.7 cm³/mol. The average molecular weight is 224 g/mol. The van der Waals surface area contributed by atoms with Crippen molar-refractivity contribution in [2.75, 3.05) is 0 Å². The third-order valence-electron chi connectivity index (χ3n) is 2.48. The van der Waals surface area contributed by atoms with Crippen LogP contribution in [0.3, 0.4) is 0 Å². The van der Waals surface area contributed by atoms with Crippen LogP contribution in [-0.4, -0.2) is 11.0 Å². The summed E-state index contributed by atoms with van der Waals surface area (Å²) in [4.78, 5) is 11.2. The van der Waals surface area contributed by atoms with Crippen LogP contribution in [-0.2, 0) is 4.79 Å². The Morgan fingerprint density at radius 2 is 2.20 bits per heavy atom. The van der Waals surface area contributed by atoms with E-state index in [0.29, 0.717) is 10.6 Å². The van der Waals surface area contributed by atoms with Gasteiger partial charge in [-0.1, -0.05) is 23.7 Å². The maximum atomic E-state index is 11.2. The zero-order valence-electron chi connectivity index (χ0n) is 8.12. The summed E-state index contributed by atoms with van der Waals surface area (Å²) >= 11 is 5.85. The normalized spacial score (nSPS) is 20.7. The van der Waals surface area contributed by atoms with Gasteiger partial charge in [0.15, 0.2) is 5.76 Å². The Hall–Kier alpha value is -1.48. The van der Waals surface area contributed by atoms with E-state index in [9.17, 15) is 9.90 Å². The zero-order valence-corrected chi connectivity index (χ0v) is 8.88. The highest BCUT2D eigenvalue weighted by molar-refractivity contribution is 6.30. The van der Waals surface area contributed by atoms with Crippen molar-refractivity contribution in [3.63, 3.8) is 0 Å². The quantitative estimate of drug-likeness (QED) is 0.768. The third kappa shape index (κ3) is 1.70. The molecule has 1 atom stereocenters. The second kappa shape index (κ2) is 3.59. The smallest absolute Gasteiger partial charge is 0.286 e. The molecule has 2 N–H and O–H groups in total. The maximum absolute atomic E-state index is 11.2. The molecular weight excluding hydrogens is 214 g/mol. The van der Waals surface area contributed by atoms with Crippen molar-refractivity contribution in [2.45, 2.75) is 13.0 Å². The van der Waals surface area contributed by atoms with Gasteiger partial charge in [-0.05, 0) is 24.6 Å². The van der Waals surface area contributed by atoms with Crippen LogP contribution < -0.4 is 5.32 Å². The lowest BCUT2D eigenvalue weighted by Crippen LogP contribution is -2.21. The summed E-state index contributed by atoms with van der Waals surface area (Å²) < 4.78 is 0. The second-order valence-electron chi connectivity index (χ2n) is 3.49. The van der Waals surface area contributed by atoms with E-state index in [-0.39, 0.29) is 11.8 Å². The van der Waals surface area contributed by atoms with E-state index in [4.69, 9.17) is 11.6 Å². The first-order valence-corrected chi connectivity index (χ1v) is 4.93. The molecule has 0 fully saturated rings. The second-order valence-corrected chi connectivity index (χ2v) is 3.93. The van der Waals surface area contributed by atoms with Gasteiger partial charge in [0.05, 0.1) is 6.04 Å². The Labute approximate surface area is 92.4 Å². The molecule has 1 aliphatic heterocycles. The maximum Gasteiger partial charge on any atom is 0.286 e. The highest BCUT2D eigenvalue weighted by Gasteiger charge is 2.29. The van der Waals surface area contributed by atoms with Crippen LogP contribution >= 0.6 is 11.6 Å². The van der Waals surface area contributed by atoms with Crippen molar-refractivity contribution in [3.05, 3.63) is 46.2 Å². The number of amides is 1. The molecule has 0 spiro atoms. The van der Waals surface area contributed by atoms with Crippen LogP contribution in [0, 0.1) is 0 Å². The van der Waals surface area contributed by atoms with Crippen molar-refractivity contribution >= 4 is 17.5 Å². The zero-order chi connectivity index (χ0) is 11.0. The van der Waals surface area contributed by atoms with E-state index >= 15 is 0 Å². The van der Waals surface area contributed by atoms with Gasteiger partial charge in [0.25, 0.3) is 5.91 Å². The molecule has 1 heterocycles. The average Bonchev–Trinajstić information content (AvgIpc) is 2.46. The van der Waals surface area contributed by atoms with Crippen LogP contribution in [0.4, 0.5) is 0 Å². The van der Waals surface area contributed by atoms with Gasteiger partial charge >= 0.3 is 0 Å². The van der Waals surface area contributed by atoms with Gasteiger partial charge in [0.2, 0.25) is 0 Å². The van der Waals surface area contributed by atoms with E-state index in [1.165, 1.54) is 0 Å². The number of aliphatic hydroxyl groups excluding tert-OH is 1. The summed E-state index contributed by atoms with van der Waals surface area (Å²) in [6.45, 7) is 1.72. The minimum absolute atomic E-state index is 0.194. The molecule has 1 aromatic rings. The van der Waals surface area contributed by atoms with Crippen molar-refractivity contribution in [3.8, 4) is 0 Å². The molecule has 0 aliphatic carbocycles. The van der Waals surface area contributed by atoms with E-state index in [0.717, 1.165) is 5.56 Å². The van der Waals surface area contributed by atoms with Crippen molar-refractivity contribution in [1.82, 2.24) is 5.32 Å². The molecule has 1 aliphatic rings. The topological polar surface area (TPSA) is 49.3 Å². The number of benzene rings is 1. The standard InChI is InChI=1S/C11H10ClNO2/c1-6-9(13-11(15)10(6)14)7-3-2-4-8(12)5-7/h2-5,9,14H,1H3,(H,13,15). The van der Waals surface area contributed by atoms with Gasteiger partial charge in [0, 0.05) is 10.6 Å². The van der Waals surface area contributed by atoms with Gasteiger partial charge in [-0.3, -0.25) is 4.79 Å². The van der Waals surface area contributed by atoms with Gasteiger partial charge < -0.3 is 10.4 Å². The van der Waals surface area contributed by atoms with E-state index < -0.39 is 5.91 Å². The van der Waals surface area contributed by atoms with Crippen LogP contribution in [0.15, 0.2) is 35.6 Å². The number of carbonyl (C=O) groups excluding carboxylic acids is 1. The first-order valence-electron chi connectivity index (χ1n) is 4.55. The van der Waals surface area contributed by atoms with Crippen LogP contribution in [0.2, 0.25) is 5.02 Å². The number of halogens is 1. The highest BCUT2D eigenvalue weighted by Crippen LogP contribution is 2.29. The van der Waals surface area contributed by atoms with Gasteiger partial charge in [-0.2, -0.15) is 0 Å². The van der Waals surface area contributed by atoms with Crippen molar-refractivity contribution < 1.29 is 9.90 Å². The Kier molecular flexibility index (Phi) is 2.40. The molecule has 4 heteroatoms. The molecule has 2 rings (SSSR count). The molecule has 0 bridgehead atoms. The fraction of sp³-hybridized carbons (Fsp3) is 0.182. The first kappa shape index (κ1) is 10.1. The van der Waals surface area contributed by atoms with E-state index in [1.54, 1.807) is 19.1 Å². The SMILES string of the molecule is CC1=C(O)C(=O)NC1c1cccc(Cl)c1. The van der Waals surface area contributed by atoms with Crippen molar-refractivity contribution in [2.24, 2.45) is 0 Å². The highest BCUT2D eigenvalue weighted by atomic mass is 35.5. The number of aliphatic hydroxyl groups is 1. The molecule has 1 amide bonds. The Morgan fingerprint density at radius 3 is 2.73 bits per heavy atom. The Morgan fingerprint density at radius 1 is 1.47 bits per heavy atom. The molecule has 0 aromatic heterocycles. The molecule has 1 unspecified atom stereocenters. The number of carbonyl (C=O) groups is 1. The lowest BCUT2D eigenvalue weighted by atomic mass is 10.0. The molecule has 15 heavy (non-hydrogen) atoms. The first-order chi connectivity index (χ1) is 7.09. The van der Waals surface area contributed by atoms with Gasteiger partial charge in [-0.15, -0.1) is 0 Å². The minimum atomic E-state index is -0.433. The largest absolute Gasteiger partial charge is 0.503 e. The lowest BCUT2D eigenvalue weighted by molar-refractivity contribution is -0.119. The summed E-state index contributed by atoms with van der Waals surface area (Å²) in [7, 11) is 0. The molecule has 0 radical (unpaired) electrons.